The lowest BCUT2D eigenvalue weighted by atomic mass is 10.1. The first-order chi connectivity index (χ1) is 7.97. The highest BCUT2D eigenvalue weighted by Crippen LogP contribution is 2.22. The molecule has 6 heteroatoms. The van der Waals surface area contributed by atoms with Gasteiger partial charge in [-0.1, -0.05) is 0 Å². The Morgan fingerprint density at radius 2 is 2.41 bits per heavy atom. The van der Waals surface area contributed by atoms with Crippen LogP contribution in [0.4, 0.5) is 0 Å². The molecule has 0 aromatic carbocycles. The van der Waals surface area contributed by atoms with Crippen molar-refractivity contribution in [1.82, 2.24) is 10.3 Å². The number of nitrogens with zero attached hydrogens (tertiary/aromatic N) is 1. The molecule has 0 saturated heterocycles. The monoisotopic (exact) mass is 273 g/mol. The van der Waals surface area contributed by atoms with E-state index in [9.17, 15) is 4.79 Å². The average Bonchev–Trinajstić information content (AvgIpc) is 2.79. The van der Waals surface area contributed by atoms with E-state index in [4.69, 9.17) is 5.73 Å². The van der Waals surface area contributed by atoms with Gasteiger partial charge in [0.05, 0.1) is 11.6 Å². The van der Waals surface area contributed by atoms with Crippen LogP contribution in [-0.4, -0.2) is 28.9 Å². The minimum atomic E-state index is -0.456. The molecule has 0 aliphatic heterocycles. The zero-order chi connectivity index (χ0) is 12.9. The maximum atomic E-state index is 11.9. The number of nitrogens with one attached hydrogen (secondary N) is 1. The van der Waals surface area contributed by atoms with Crippen molar-refractivity contribution in [2.75, 3.05) is 12.0 Å². The van der Waals surface area contributed by atoms with Crippen LogP contribution in [0.25, 0.3) is 0 Å². The number of hydrogen-bond donors (Lipinski definition) is 2. The van der Waals surface area contributed by atoms with E-state index in [1.54, 1.807) is 18.0 Å². The number of carbonyl (C=O) groups excluding carboxylic acids is 1. The predicted octanol–water partition coefficient (Wildman–Crippen LogP) is 1.57. The Morgan fingerprint density at radius 1 is 1.71 bits per heavy atom. The summed E-state index contributed by atoms with van der Waals surface area (Å²) in [5.41, 5.74) is 5.37. The van der Waals surface area contributed by atoms with Gasteiger partial charge in [-0.3, -0.25) is 4.79 Å². The minimum absolute atomic E-state index is 0.112. The second-order valence-corrected chi connectivity index (χ2v) is 6.22. The smallest absolute Gasteiger partial charge is 0.237 e. The van der Waals surface area contributed by atoms with Gasteiger partial charge in [0.1, 0.15) is 5.01 Å². The van der Waals surface area contributed by atoms with Crippen molar-refractivity contribution in [3.63, 3.8) is 0 Å². The predicted molar refractivity (Wildman–Crippen MR) is 74.3 cm³/mol. The molecule has 1 amide bonds. The lowest BCUT2D eigenvalue weighted by Crippen LogP contribution is -2.49. The molecular formula is C11H19N3OS2. The molecule has 0 aliphatic carbocycles. The Bertz CT molecular complexity index is 352. The molecule has 1 heterocycles. The van der Waals surface area contributed by atoms with Crippen LogP contribution in [0.3, 0.4) is 0 Å². The number of hydrogen-bond acceptors (Lipinski definition) is 5. The Balaban J connectivity index is 2.55. The van der Waals surface area contributed by atoms with E-state index in [0.29, 0.717) is 6.42 Å². The van der Waals surface area contributed by atoms with Gasteiger partial charge in [0.25, 0.3) is 0 Å². The van der Waals surface area contributed by atoms with Gasteiger partial charge >= 0.3 is 0 Å². The highest BCUT2D eigenvalue weighted by molar-refractivity contribution is 7.98. The zero-order valence-corrected chi connectivity index (χ0v) is 12.0. The summed E-state index contributed by atoms with van der Waals surface area (Å²) >= 11 is 3.22. The molecule has 0 fully saturated rings. The summed E-state index contributed by atoms with van der Waals surface area (Å²) in [5, 5.41) is 5.73. The number of thiazole rings is 1. The molecule has 1 rings (SSSR count). The van der Waals surface area contributed by atoms with E-state index in [-0.39, 0.29) is 5.91 Å². The zero-order valence-electron chi connectivity index (χ0n) is 10.4. The maximum absolute atomic E-state index is 11.9. The van der Waals surface area contributed by atoms with Crippen molar-refractivity contribution in [2.45, 2.75) is 31.8 Å². The fourth-order valence-corrected chi connectivity index (χ4v) is 2.57. The summed E-state index contributed by atoms with van der Waals surface area (Å²) in [6.07, 6.45) is 4.44. The molecule has 0 bridgehead atoms. The molecule has 4 nitrogen and oxygen atoms in total. The summed E-state index contributed by atoms with van der Waals surface area (Å²) < 4.78 is 0. The van der Waals surface area contributed by atoms with Gasteiger partial charge in [-0.2, -0.15) is 11.8 Å². The molecule has 0 unspecified atom stereocenters. The van der Waals surface area contributed by atoms with E-state index in [0.717, 1.165) is 10.8 Å². The summed E-state index contributed by atoms with van der Waals surface area (Å²) in [6.45, 7) is 3.87. The number of aromatic nitrogens is 1. The van der Waals surface area contributed by atoms with Gasteiger partial charge in [-0.05, 0) is 32.3 Å². The van der Waals surface area contributed by atoms with Crippen molar-refractivity contribution in [2.24, 2.45) is 5.73 Å². The Labute approximate surface area is 110 Å². The molecule has 0 spiro atoms. The first-order valence-corrected chi connectivity index (χ1v) is 7.71. The number of nitrogens with two attached hydrogens (primary N) is 1. The second kappa shape index (κ2) is 6.37. The fourth-order valence-electron chi connectivity index (χ4n) is 1.36. The molecule has 3 N–H and O–H groups in total. The molecule has 0 radical (unpaired) electrons. The maximum Gasteiger partial charge on any atom is 0.237 e. The third kappa shape index (κ3) is 4.29. The van der Waals surface area contributed by atoms with Gasteiger partial charge in [0, 0.05) is 11.6 Å². The normalized spacial score (nSPS) is 13.4. The number of carbonyl (C=O) groups is 1. The van der Waals surface area contributed by atoms with Gasteiger partial charge in [-0.25, -0.2) is 4.98 Å². The van der Waals surface area contributed by atoms with Crippen molar-refractivity contribution >= 4 is 29.0 Å². The highest BCUT2D eigenvalue weighted by atomic mass is 32.2. The molecule has 0 aliphatic rings. The highest BCUT2D eigenvalue weighted by Gasteiger charge is 2.27. The standard InChI is InChI=1S/C11H19N3OS2/c1-11(2,10-13-5-7-17-10)14-9(15)8(12)4-6-16-3/h5,7-8H,4,6,12H2,1-3H3,(H,14,15)/t8-/m0/s1. The summed E-state index contributed by atoms with van der Waals surface area (Å²) in [5.74, 6) is 0.783. The lowest BCUT2D eigenvalue weighted by Gasteiger charge is -2.25. The molecular weight excluding hydrogens is 254 g/mol. The van der Waals surface area contributed by atoms with Crippen molar-refractivity contribution in [3.05, 3.63) is 16.6 Å². The van der Waals surface area contributed by atoms with E-state index < -0.39 is 11.6 Å². The van der Waals surface area contributed by atoms with Gasteiger partial charge < -0.3 is 11.1 Å². The topological polar surface area (TPSA) is 68.0 Å². The van der Waals surface area contributed by atoms with E-state index >= 15 is 0 Å². The first-order valence-electron chi connectivity index (χ1n) is 5.44. The summed E-state index contributed by atoms with van der Waals surface area (Å²) in [6, 6.07) is -0.443. The van der Waals surface area contributed by atoms with Crippen molar-refractivity contribution in [1.29, 1.82) is 0 Å². The van der Waals surface area contributed by atoms with E-state index in [1.165, 1.54) is 11.3 Å². The van der Waals surface area contributed by atoms with Crippen LogP contribution < -0.4 is 11.1 Å². The van der Waals surface area contributed by atoms with Crippen LogP contribution in [0.15, 0.2) is 11.6 Å². The van der Waals surface area contributed by atoms with Crippen LogP contribution in [-0.2, 0) is 10.3 Å². The van der Waals surface area contributed by atoms with Crippen LogP contribution in [0.1, 0.15) is 25.3 Å². The minimum Gasteiger partial charge on any atom is -0.343 e. The molecule has 17 heavy (non-hydrogen) atoms. The van der Waals surface area contributed by atoms with E-state index in [1.807, 2.05) is 25.5 Å². The fraction of sp³-hybridized carbons (Fsp3) is 0.636. The van der Waals surface area contributed by atoms with Gasteiger partial charge in [0.2, 0.25) is 5.91 Å². The van der Waals surface area contributed by atoms with Crippen molar-refractivity contribution < 1.29 is 4.79 Å². The quantitative estimate of drug-likeness (QED) is 0.825. The van der Waals surface area contributed by atoms with Crippen LogP contribution in [0, 0.1) is 0 Å². The Morgan fingerprint density at radius 3 is 2.94 bits per heavy atom. The Kier molecular flexibility index (Phi) is 5.42. The Hall–Kier alpha value is -0.590. The summed E-state index contributed by atoms with van der Waals surface area (Å²) in [4.78, 5) is 16.1. The molecule has 1 aromatic heterocycles. The molecule has 1 aromatic rings. The molecule has 96 valence electrons. The number of thioether (sulfide) groups is 1. The largest absolute Gasteiger partial charge is 0.343 e. The van der Waals surface area contributed by atoms with Crippen molar-refractivity contribution in [3.8, 4) is 0 Å². The average molecular weight is 273 g/mol. The number of amides is 1. The number of rotatable bonds is 6. The van der Waals surface area contributed by atoms with E-state index in [2.05, 4.69) is 10.3 Å². The lowest BCUT2D eigenvalue weighted by molar-refractivity contribution is -0.124. The van der Waals surface area contributed by atoms with Crippen LogP contribution >= 0.6 is 23.1 Å². The van der Waals surface area contributed by atoms with Crippen LogP contribution in [0.2, 0.25) is 0 Å². The summed E-state index contributed by atoms with van der Waals surface area (Å²) in [7, 11) is 0. The van der Waals surface area contributed by atoms with Gasteiger partial charge in [0.15, 0.2) is 0 Å². The third-order valence-electron chi connectivity index (χ3n) is 2.37. The third-order valence-corrected chi connectivity index (χ3v) is 4.11. The second-order valence-electron chi connectivity index (χ2n) is 4.34. The SMILES string of the molecule is CSCC[C@H](N)C(=O)NC(C)(C)c1nccs1. The van der Waals surface area contributed by atoms with Gasteiger partial charge in [-0.15, -0.1) is 11.3 Å². The van der Waals surface area contributed by atoms with Crippen LogP contribution in [0.5, 0.6) is 0 Å². The first kappa shape index (κ1) is 14.5. The molecule has 0 saturated carbocycles. The molecule has 1 atom stereocenters.